The van der Waals surface area contributed by atoms with E-state index in [0.29, 0.717) is 6.42 Å². The van der Waals surface area contributed by atoms with Crippen LogP contribution in [-0.2, 0) is 6.54 Å². The minimum Gasteiger partial charge on any atom is -0.371 e. The van der Waals surface area contributed by atoms with Gasteiger partial charge in [-0.3, -0.25) is 0 Å². The molecule has 0 heterocycles. The third-order valence-corrected chi connectivity index (χ3v) is 3.48. The van der Waals surface area contributed by atoms with E-state index >= 15 is 0 Å². The molecule has 0 bridgehead atoms. The Morgan fingerprint density at radius 1 is 1.30 bits per heavy atom. The van der Waals surface area contributed by atoms with Crippen molar-refractivity contribution < 1.29 is 0 Å². The van der Waals surface area contributed by atoms with Gasteiger partial charge in [0, 0.05) is 18.7 Å². The van der Waals surface area contributed by atoms with Gasteiger partial charge in [0.25, 0.3) is 0 Å². The summed E-state index contributed by atoms with van der Waals surface area (Å²) in [6.45, 7) is 9.48. The highest BCUT2D eigenvalue weighted by atomic mass is 15.0. The number of nitriles is 1. The van der Waals surface area contributed by atoms with Gasteiger partial charge >= 0.3 is 0 Å². The first-order valence-corrected chi connectivity index (χ1v) is 7.99. The molecular formula is C20H27N3. The van der Waals surface area contributed by atoms with Crippen LogP contribution in [-0.4, -0.2) is 12.1 Å². The third-order valence-electron chi connectivity index (χ3n) is 3.48. The van der Waals surface area contributed by atoms with Crippen LogP contribution in [0.2, 0.25) is 0 Å². The molecule has 1 aromatic carbocycles. The van der Waals surface area contributed by atoms with E-state index < -0.39 is 5.54 Å². The summed E-state index contributed by atoms with van der Waals surface area (Å²) < 4.78 is 0. The molecule has 0 aliphatic heterocycles. The highest BCUT2D eigenvalue weighted by Gasteiger charge is 2.22. The molecular weight excluding hydrogens is 282 g/mol. The van der Waals surface area contributed by atoms with Gasteiger partial charge in [-0.15, -0.1) is 0 Å². The van der Waals surface area contributed by atoms with Crippen LogP contribution in [0.3, 0.4) is 0 Å². The number of allylic oxidation sites excluding steroid dienone is 4. The van der Waals surface area contributed by atoms with E-state index in [0.717, 1.165) is 25.2 Å². The lowest BCUT2D eigenvalue weighted by atomic mass is 9.99. The van der Waals surface area contributed by atoms with Crippen molar-refractivity contribution in [3.8, 4) is 6.07 Å². The van der Waals surface area contributed by atoms with Crippen molar-refractivity contribution in [3.63, 3.8) is 0 Å². The van der Waals surface area contributed by atoms with Gasteiger partial charge in [-0.1, -0.05) is 61.2 Å². The Morgan fingerprint density at radius 3 is 2.70 bits per heavy atom. The number of rotatable bonds is 10. The first-order chi connectivity index (χ1) is 11.1. The van der Waals surface area contributed by atoms with Crippen molar-refractivity contribution in [2.45, 2.75) is 38.8 Å². The van der Waals surface area contributed by atoms with E-state index in [2.05, 4.69) is 35.4 Å². The molecule has 3 nitrogen and oxygen atoms in total. The Hall–Kier alpha value is -2.31. The molecule has 0 fully saturated rings. The second kappa shape index (κ2) is 10.4. The molecule has 1 aromatic rings. The molecule has 0 amide bonds. The van der Waals surface area contributed by atoms with E-state index in [1.54, 1.807) is 0 Å². The molecule has 0 aliphatic carbocycles. The minimum absolute atomic E-state index is 0.602. The van der Waals surface area contributed by atoms with Gasteiger partial charge in [0.1, 0.15) is 5.54 Å². The second-order valence-corrected chi connectivity index (χ2v) is 5.74. The fraction of sp³-hybridized carbons (Fsp3) is 0.350. The quantitative estimate of drug-likeness (QED) is 0.506. The smallest absolute Gasteiger partial charge is 0.123 e. The van der Waals surface area contributed by atoms with E-state index in [-0.39, 0.29) is 0 Å². The third kappa shape index (κ3) is 8.04. The normalized spacial score (nSPS) is 13.8. The van der Waals surface area contributed by atoms with E-state index in [9.17, 15) is 5.26 Å². The first kappa shape index (κ1) is 18.7. The minimum atomic E-state index is -0.602. The van der Waals surface area contributed by atoms with Crippen LogP contribution in [0, 0.1) is 11.3 Å². The van der Waals surface area contributed by atoms with E-state index in [1.807, 2.05) is 56.4 Å². The molecule has 1 atom stereocenters. The fourth-order valence-electron chi connectivity index (χ4n) is 2.15. The van der Waals surface area contributed by atoms with Crippen molar-refractivity contribution in [1.29, 1.82) is 5.26 Å². The summed E-state index contributed by atoms with van der Waals surface area (Å²) in [5, 5.41) is 16.1. The molecule has 1 rings (SSSR count). The summed E-state index contributed by atoms with van der Waals surface area (Å²) in [6, 6.07) is 12.6. The topological polar surface area (TPSA) is 47.9 Å². The summed E-state index contributed by atoms with van der Waals surface area (Å²) in [5.41, 5.74) is 1.50. The van der Waals surface area contributed by atoms with Crippen molar-refractivity contribution in [3.05, 3.63) is 72.5 Å². The van der Waals surface area contributed by atoms with Crippen LogP contribution in [0.5, 0.6) is 0 Å². The number of hydrogen-bond acceptors (Lipinski definition) is 3. The fourth-order valence-corrected chi connectivity index (χ4v) is 2.15. The standard InChI is InChI=1S/C20H27N3/c1-4-5-6-8-11-18(2)23-20(3,17-21)14-15-22-16-19-12-9-7-10-13-19/h4-10,12-13,22-23H,2,11,14-16H2,1,3H3/b5-4-,8-6-. The Morgan fingerprint density at radius 2 is 2.04 bits per heavy atom. The molecule has 1 unspecified atom stereocenters. The Labute approximate surface area is 140 Å². The highest BCUT2D eigenvalue weighted by molar-refractivity contribution is 5.15. The molecule has 122 valence electrons. The molecule has 23 heavy (non-hydrogen) atoms. The molecule has 2 N–H and O–H groups in total. The molecule has 0 spiro atoms. The lowest BCUT2D eigenvalue weighted by molar-refractivity contribution is 0.439. The number of nitrogens with zero attached hydrogens (tertiary/aromatic N) is 1. The van der Waals surface area contributed by atoms with Crippen molar-refractivity contribution in [2.75, 3.05) is 6.54 Å². The SMILES string of the molecule is C=C(C/C=C\C=C/C)NC(C)(C#N)CCNCc1ccccc1. The van der Waals surface area contributed by atoms with Crippen LogP contribution in [0.4, 0.5) is 0 Å². The first-order valence-electron chi connectivity index (χ1n) is 7.99. The molecule has 0 aliphatic rings. The van der Waals surface area contributed by atoms with Crippen molar-refractivity contribution in [2.24, 2.45) is 0 Å². The zero-order valence-corrected chi connectivity index (χ0v) is 14.2. The lowest BCUT2D eigenvalue weighted by Gasteiger charge is -2.25. The lowest BCUT2D eigenvalue weighted by Crippen LogP contribution is -2.42. The summed E-state index contributed by atoms with van der Waals surface area (Å²) in [7, 11) is 0. The van der Waals surface area contributed by atoms with E-state index in [4.69, 9.17) is 0 Å². The van der Waals surface area contributed by atoms with Gasteiger partial charge in [0.15, 0.2) is 0 Å². The van der Waals surface area contributed by atoms with Crippen LogP contribution in [0.1, 0.15) is 32.3 Å². The summed E-state index contributed by atoms with van der Waals surface area (Å²) in [4.78, 5) is 0. The van der Waals surface area contributed by atoms with Crippen LogP contribution >= 0.6 is 0 Å². The maximum Gasteiger partial charge on any atom is 0.123 e. The maximum absolute atomic E-state index is 9.45. The Balaban J connectivity index is 2.35. The Bertz CT molecular complexity index is 566. The number of nitrogens with one attached hydrogen (secondary N) is 2. The summed E-state index contributed by atoms with van der Waals surface area (Å²) >= 11 is 0. The average Bonchev–Trinajstić information content (AvgIpc) is 2.57. The van der Waals surface area contributed by atoms with Crippen LogP contribution < -0.4 is 10.6 Å². The van der Waals surface area contributed by atoms with Crippen LogP contribution in [0.15, 0.2) is 66.9 Å². The highest BCUT2D eigenvalue weighted by Crippen LogP contribution is 2.11. The second-order valence-electron chi connectivity index (χ2n) is 5.74. The molecule has 3 heteroatoms. The summed E-state index contributed by atoms with van der Waals surface area (Å²) in [6.07, 6.45) is 9.40. The number of hydrogen-bond donors (Lipinski definition) is 2. The molecule has 0 aromatic heterocycles. The van der Waals surface area contributed by atoms with E-state index in [1.165, 1.54) is 5.56 Å². The zero-order valence-electron chi connectivity index (χ0n) is 14.2. The maximum atomic E-state index is 9.45. The van der Waals surface area contributed by atoms with Gasteiger partial charge in [-0.2, -0.15) is 5.26 Å². The van der Waals surface area contributed by atoms with Crippen molar-refractivity contribution >= 4 is 0 Å². The zero-order chi connectivity index (χ0) is 17.0. The van der Waals surface area contributed by atoms with Gasteiger partial charge in [0.2, 0.25) is 0 Å². The monoisotopic (exact) mass is 309 g/mol. The Kier molecular flexibility index (Phi) is 8.49. The summed E-state index contributed by atoms with van der Waals surface area (Å²) in [5.74, 6) is 0. The predicted molar refractivity (Wildman–Crippen MR) is 97.6 cm³/mol. The van der Waals surface area contributed by atoms with Gasteiger partial charge in [-0.05, 0) is 32.4 Å². The number of benzene rings is 1. The molecule has 0 saturated heterocycles. The van der Waals surface area contributed by atoms with Gasteiger partial charge in [0.05, 0.1) is 6.07 Å². The van der Waals surface area contributed by atoms with Crippen LogP contribution in [0.25, 0.3) is 0 Å². The largest absolute Gasteiger partial charge is 0.371 e. The van der Waals surface area contributed by atoms with Gasteiger partial charge in [-0.25, -0.2) is 0 Å². The predicted octanol–water partition coefficient (Wildman–Crippen LogP) is 4.07. The van der Waals surface area contributed by atoms with Crippen molar-refractivity contribution in [1.82, 2.24) is 10.6 Å². The average molecular weight is 309 g/mol. The molecule has 0 saturated carbocycles. The van der Waals surface area contributed by atoms with Gasteiger partial charge < -0.3 is 10.6 Å². The molecule has 0 radical (unpaired) electrons.